The van der Waals surface area contributed by atoms with E-state index in [2.05, 4.69) is 56.6 Å². The summed E-state index contributed by atoms with van der Waals surface area (Å²) in [5.41, 5.74) is 1.25. The maximum atomic E-state index is 12.3. The molecule has 1 N–H and O–H groups in total. The molecular formula is C16H24N2OS. The quantitative estimate of drug-likeness (QED) is 0.868. The third-order valence-corrected chi connectivity index (χ3v) is 4.19. The minimum atomic E-state index is -0.109. The van der Waals surface area contributed by atoms with Gasteiger partial charge in [-0.3, -0.25) is 10.1 Å². The number of carbonyl (C=O) groups is 1. The molecule has 0 radical (unpaired) electrons. The molecule has 0 saturated carbocycles. The van der Waals surface area contributed by atoms with Crippen LogP contribution in [-0.4, -0.2) is 29.6 Å². The van der Waals surface area contributed by atoms with Gasteiger partial charge in [-0.05, 0) is 36.3 Å². The first-order chi connectivity index (χ1) is 9.31. The molecular weight excluding hydrogens is 268 g/mol. The normalized spacial score (nSPS) is 23.4. The van der Waals surface area contributed by atoms with E-state index in [-0.39, 0.29) is 23.5 Å². The highest BCUT2D eigenvalue weighted by molar-refractivity contribution is 7.98. The Morgan fingerprint density at radius 1 is 1.25 bits per heavy atom. The molecule has 1 saturated heterocycles. The van der Waals surface area contributed by atoms with Crippen molar-refractivity contribution in [1.29, 1.82) is 0 Å². The predicted molar refractivity (Wildman–Crippen MR) is 84.7 cm³/mol. The number of carbonyl (C=O) groups excluding carboxylic acids is 1. The number of rotatable bonds is 3. The Morgan fingerprint density at radius 3 is 2.35 bits per heavy atom. The maximum absolute atomic E-state index is 12.3. The highest BCUT2D eigenvalue weighted by atomic mass is 32.2. The molecule has 0 bridgehead atoms. The van der Waals surface area contributed by atoms with E-state index in [9.17, 15) is 4.79 Å². The minimum absolute atomic E-state index is 0.00682. The summed E-state index contributed by atoms with van der Waals surface area (Å²) in [7, 11) is 0. The van der Waals surface area contributed by atoms with E-state index < -0.39 is 0 Å². The average molecular weight is 292 g/mol. The average Bonchev–Trinajstić information content (AvgIpc) is 2.65. The summed E-state index contributed by atoms with van der Waals surface area (Å²) in [4.78, 5) is 15.6. The fourth-order valence-corrected chi connectivity index (χ4v) is 2.92. The van der Waals surface area contributed by atoms with Gasteiger partial charge in [0.15, 0.2) is 0 Å². The Morgan fingerprint density at radius 2 is 1.85 bits per heavy atom. The largest absolute Gasteiger partial charge is 0.321 e. The van der Waals surface area contributed by atoms with Gasteiger partial charge in [-0.1, -0.05) is 32.9 Å². The number of amides is 1. The van der Waals surface area contributed by atoms with E-state index in [0.29, 0.717) is 0 Å². The van der Waals surface area contributed by atoms with Crippen LogP contribution in [-0.2, 0) is 4.79 Å². The maximum Gasteiger partial charge on any atom is 0.241 e. The molecule has 2 rings (SSSR count). The molecule has 0 spiro atoms. The van der Waals surface area contributed by atoms with Crippen molar-refractivity contribution in [2.75, 3.05) is 12.8 Å². The molecule has 1 heterocycles. The standard InChI is InChI=1S/C16H24N2OS/c1-11-15(19)18(10-16(2,3)4)14(17-11)12-6-8-13(20-5)9-7-12/h6-9,11,14,17H,10H2,1-5H3. The summed E-state index contributed by atoms with van der Waals surface area (Å²) >= 11 is 1.73. The second-order valence-electron chi connectivity index (χ2n) is 6.59. The van der Waals surface area contributed by atoms with Crippen molar-refractivity contribution in [1.82, 2.24) is 10.2 Å². The highest BCUT2D eigenvalue weighted by Gasteiger charge is 2.38. The molecule has 1 amide bonds. The molecule has 1 aromatic carbocycles. The van der Waals surface area contributed by atoms with Gasteiger partial charge in [-0.15, -0.1) is 11.8 Å². The Bertz CT molecular complexity index is 478. The third kappa shape index (κ3) is 3.36. The zero-order valence-electron chi connectivity index (χ0n) is 12.9. The van der Waals surface area contributed by atoms with E-state index in [1.54, 1.807) is 11.8 Å². The first-order valence-electron chi connectivity index (χ1n) is 7.02. The van der Waals surface area contributed by atoms with Crippen LogP contribution in [0, 0.1) is 5.41 Å². The number of benzene rings is 1. The van der Waals surface area contributed by atoms with Crippen LogP contribution in [0.15, 0.2) is 29.2 Å². The van der Waals surface area contributed by atoms with Gasteiger partial charge >= 0.3 is 0 Å². The zero-order valence-corrected chi connectivity index (χ0v) is 13.8. The van der Waals surface area contributed by atoms with Crippen molar-refractivity contribution in [3.8, 4) is 0 Å². The Hall–Kier alpha value is -1.00. The summed E-state index contributed by atoms with van der Waals surface area (Å²) in [6.07, 6.45) is 2.06. The van der Waals surface area contributed by atoms with Crippen molar-refractivity contribution < 1.29 is 4.79 Å². The molecule has 3 nitrogen and oxygen atoms in total. The molecule has 2 atom stereocenters. The molecule has 1 aliphatic rings. The lowest BCUT2D eigenvalue weighted by molar-refractivity contribution is -0.131. The van der Waals surface area contributed by atoms with E-state index in [1.807, 2.05) is 11.8 Å². The second-order valence-corrected chi connectivity index (χ2v) is 7.47. The van der Waals surface area contributed by atoms with Crippen molar-refractivity contribution >= 4 is 17.7 Å². The number of hydrogen-bond acceptors (Lipinski definition) is 3. The van der Waals surface area contributed by atoms with Crippen LogP contribution in [0.2, 0.25) is 0 Å². The summed E-state index contributed by atoms with van der Waals surface area (Å²) in [6.45, 7) is 9.19. The van der Waals surface area contributed by atoms with E-state index in [4.69, 9.17) is 0 Å². The van der Waals surface area contributed by atoms with Crippen LogP contribution in [0.25, 0.3) is 0 Å². The van der Waals surface area contributed by atoms with Crippen LogP contribution in [0.4, 0.5) is 0 Å². The van der Waals surface area contributed by atoms with E-state index >= 15 is 0 Å². The van der Waals surface area contributed by atoms with Gasteiger partial charge in [0.1, 0.15) is 6.17 Å². The van der Waals surface area contributed by atoms with Gasteiger partial charge in [0.05, 0.1) is 6.04 Å². The van der Waals surface area contributed by atoms with Crippen LogP contribution in [0.5, 0.6) is 0 Å². The first kappa shape index (κ1) is 15.4. The van der Waals surface area contributed by atoms with E-state index in [0.717, 1.165) is 12.1 Å². The molecule has 20 heavy (non-hydrogen) atoms. The molecule has 1 fully saturated rings. The second kappa shape index (κ2) is 5.78. The molecule has 2 unspecified atom stereocenters. The molecule has 1 aliphatic heterocycles. The molecule has 4 heteroatoms. The predicted octanol–water partition coefficient (Wildman–Crippen LogP) is 3.27. The smallest absolute Gasteiger partial charge is 0.241 e. The SMILES string of the molecule is CSc1ccc(C2NC(C)C(=O)N2CC(C)(C)C)cc1. The Labute approximate surface area is 126 Å². The first-order valence-corrected chi connectivity index (χ1v) is 8.25. The number of nitrogens with zero attached hydrogens (tertiary/aromatic N) is 1. The number of nitrogens with one attached hydrogen (secondary N) is 1. The van der Waals surface area contributed by atoms with Crippen molar-refractivity contribution in [2.45, 2.75) is 44.8 Å². The van der Waals surface area contributed by atoms with Gasteiger partial charge in [-0.2, -0.15) is 0 Å². The van der Waals surface area contributed by atoms with Gasteiger partial charge < -0.3 is 4.90 Å². The fourth-order valence-electron chi connectivity index (χ4n) is 2.52. The highest BCUT2D eigenvalue weighted by Crippen LogP contribution is 2.30. The monoisotopic (exact) mass is 292 g/mol. The summed E-state index contributed by atoms with van der Waals surface area (Å²) in [6, 6.07) is 8.35. The molecule has 0 aliphatic carbocycles. The van der Waals surface area contributed by atoms with Crippen molar-refractivity contribution in [3.63, 3.8) is 0 Å². The topological polar surface area (TPSA) is 32.3 Å². The summed E-state index contributed by atoms with van der Waals surface area (Å²) < 4.78 is 0. The van der Waals surface area contributed by atoms with Crippen LogP contribution >= 0.6 is 11.8 Å². The summed E-state index contributed by atoms with van der Waals surface area (Å²) in [5, 5.41) is 3.40. The fraction of sp³-hybridized carbons (Fsp3) is 0.562. The molecule has 110 valence electrons. The van der Waals surface area contributed by atoms with Gasteiger partial charge in [0, 0.05) is 11.4 Å². The van der Waals surface area contributed by atoms with Gasteiger partial charge in [-0.25, -0.2) is 0 Å². The lowest BCUT2D eigenvalue weighted by Gasteiger charge is -2.31. The van der Waals surface area contributed by atoms with Gasteiger partial charge in [0.25, 0.3) is 0 Å². The Balaban J connectivity index is 2.25. The number of hydrogen-bond donors (Lipinski definition) is 1. The van der Waals surface area contributed by atoms with Crippen LogP contribution in [0.3, 0.4) is 0 Å². The van der Waals surface area contributed by atoms with Crippen LogP contribution in [0.1, 0.15) is 39.4 Å². The minimum Gasteiger partial charge on any atom is -0.321 e. The van der Waals surface area contributed by atoms with E-state index in [1.165, 1.54) is 4.90 Å². The van der Waals surface area contributed by atoms with Crippen LogP contribution < -0.4 is 5.32 Å². The Kier molecular flexibility index (Phi) is 4.45. The molecule has 1 aromatic rings. The lowest BCUT2D eigenvalue weighted by atomic mass is 9.95. The van der Waals surface area contributed by atoms with Crippen molar-refractivity contribution in [2.24, 2.45) is 5.41 Å². The lowest BCUT2D eigenvalue weighted by Crippen LogP contribution is -2.37. The van der Waals surface area contributed by atoms with Gasteiger partial charge in [0.2, 0.25) is 5.91 Å². The summed E-state index contributed by atoms with van der Waals surface area (Å²) in [5.74, 6) is 0.193. The van der Waals surface area contributed by atoms with Crippen molar-refractivity contribution in [3.05, 3.63) is 29.8 Å². The number of thioether (sulfide) groups is 1. The zero-order chi connectivity index (χ0) is 14.9. The third-order valence-electron chi connectivity index (χ3n) is 3.45. The molecule has 0 aromatic heterocycles.